The van der Waals surface area contributed by atoms with Gasteiger partial charge in [-0.25, -0.2) is 8.78 Å². The lowest BCUT2D eigenvalue weighted by atomic mass is 10.00. The summed E-state index contributed by atoms with van der Waals surface area (Å²) in [5.74, 6) is -4.59. The Morgan fingerprint density at radius 3 is 2.38 bits per heavy atom. The van der Waals surface area contributed by atoms with Crippen LogP contribution in [0.25, 0.3) is 0 Å². The Balaban J connectivity index is 2.78. The fourth-order valence-corrected chi connectivity index (χ4v) is 1.55. The Kier molecular flexibility index (Phi) is 2.32. The van der Waals surface area contributed by atoms with Crippen LogP contribution in [-0.2, 0) is 9.53 Å². The normalized spacial score (nSPS) is 32.6. The third-order valence-electron chi connectivity index (χ3n) is 2.52. The van der Waals surface area contributed by atoms with Gasteiger partial charge in [-0.2, -0.15) is 0 Å². The zero-order valence-corrected chi connectivity index (χ0v) is 7.51. The molecule has 0 heterocycles. The van der Waals surface area contributed by atoms with Crippen molar-refractivity contribution in [2.45, 2.75) is 32.3 Å². The lowest BCUT2D eigenvalue weighted by Gasteiger charge is -2.19. The highest BCUT2D eigenvalue weighted by atomic mass is 19.3. The number of carboxylic acids is 1. The van der Waals surface area contributed by atoms with Crippen LogP contribution in [0.3, 0.4) is 0 Å². The molecule has 1 aliphatic carbocycles. The van der Waals surface area contributed by atoms with Gasteiger partial charge >= 0.3 is 5.97 Å². The molecule has 0 saturated heterocycles. The number of alkyl halides is 2. The first-order valence-corrected chi connectivity index (χ1v) is 4.11. The van der Waals surface area contributed by atoms with Gasteiger partial charge in [0.1, 0.15) is 0 Å². The zero-order chi connectivity index (χ0) is 10.3. The summed E-state index contributed by atoms with van der Waals surface area (Å²) in [5.41, 5.74) is -1.98. The van der Waals surface area contributed by atoms with E-state index in [2.05, 4.69) is 0 Å². The van der Waals surface area contributed by atoms with Gasteiger partial charge in [-0.1, -0.05) is 0 Å². The van der Waals surface area contributed by atoms with Gasteiger partial charge in [0, 0.05) is 13.0 Å². The monoisotopic (exact) mass is 194 g/mol. The van der Waals surface area contributed by atoms with Crippen molar-refractivity contribution >= 4 is 5.97 Å². The minimum atomic E-state index is -3.12. The molecule has 76 valence electrons. The molecule has 0 aromatic carbocycles. The predicted octanol–water partition coefficient (Wildman–Crippen LogP) is 1.52. The molecular formula is C8H12F2O3. The summed E-state index contributed by atoms with van der Waals surface area (Å²) in [5, 5.41) is 8.68. The van der Waals surface area contributed by atoms with Crippen molar-refractivity contribution in [2.24, 2.45) is 5.41 Å². The highest BCUT2D eigenvalue weighted by Gasteiger charge is 2.79. The van der Waals surface area contributed by atoms with E-state index in [-0.39, 0.29) is 6.61 Å². The van der Waals surface area contributed by atoms with Gasteiger partial charge < -0.3 is 9.84 Å². The maximum Gasteiger partial charge on any atom is 0.318 e. The number of hydrogen-bond acceptors (Lipinski definition) is 2. The van der Waals surface area contributed by atoms with Crippen molar-refractivity contribution < 1.29 is 23.4 Å². The molecule has 3 nitrogen and oxygen atoms in total. The predicted molar refractivity (Wildman–Crippen MR) is 40.7 cm³/mol. The third kappa shape index (κ3) is 1.31. The van der Waals surface area contributed by atoms with E-state index in [0.717, 1.165) is 0 Å². The Hall–Kier alpha value is -0.710. The molecule has 1 fully saturated rings. The van der Waals surface area contributed by atoms with E-state index >= 15 is 0 Å². The van der Waals surface area contributed by atoms with E-state index in [1.165, 1.54) is 6.92 Å². The number of rotatable bonds is 4. The second kappa shape index (κ2) is 2.90. The van der Waals surface area contributed by atoms with Crippen molar-refractivity contribution in [2.75, 3.05) is 6.61 Å². The summed E-state index contributed by atoms with van der Waals surface area (Å²) in [7, 11) is 0. The van der Waals surface area contributed by atoms with Crippen LogP contribution in [0, 0.1) is 5.41 Å². The minimum Gasteiger partial charge on any atom is -0.481 e. The van der Waals surface area contributed by atoms with Crippen LogP contribution in [0.2, 0.25) is 0 Å². The molecular weight excluding hydrogens is 182 g/mol. The highest BCUT2D eigenvalue weighted by molar-refractivity contribution is 5.81. The second-order valence-corrected chi connectivity index (χ2v) is 3.26. The average molecular weight is 194 g/mol. The Bertz CT molecular complexity index is 229. The number of ether oxygens (including phenoxy) is 1. The molecule has 1 rings (SSSR count). The molecule has 1 N–H and O–H groups in total. The maximum absolute atomic E-state index is 12.8. The molecule has 5 heteroatoms. The Morgan fingerprint density at radius 1 is 1.69 bits per heavy atom. The first kappa shape index (κ1) is 10.4. The van der Waals surface area contributed by atoms with E-state index in [4.69, 9.17) is 9.84 Å². The molecule has 0 aromatic rings. The van der Waals surface area contributed by atoms with Gasteiger partial charge in [0.15, 0.2) is 5.41 Å². The van der Waals surface area contributed by atoms with Gasteiger partial charge in [0.25, 0.3) is 5.92 Å². The number of carboxylic acid groups (broad SMARTS) is 1. The highest BCUT2D eigenvalue weighted by Crippen LogP contribution is 2.63. The molecule has 2 unspecified atom stereocenters. The number of hydrogen-bond donors (Lipinski definition) is 1. The molecule has 0 bridgehead atoms. The van der Waals surface area contributed by atoms with Crippen LogP contribution in [0.15, 0.2) is 0 Å². The summed E-state index contributed by atoms with van der Waals surface area (Å²) >= 11 is 0. The molecule has 0 aliphatic heterocycles. The van der Waals surface area contributed by atoms with Crippen LogP contribution in [-0.4, -0.2) is 29.7 Å². The molecule has 0 amide bonds. The van der Waals surface area contributed by atoms with Crippen LogP contribution in [0.5, 0.6) is 0 Å². The SMILES string of the molecule is CCOC(C)C1(C(=O)O)CC1(F)F. The second-order valence-electron chi connectivity index (χ2n) is 3.26. The fourth-order valence-electron chi connectivity index (χ4n) is 1.55. The van der Waals surface area contributed by atoms with E-state index in [9.17, 15) is 13.6 Å². The molecule has 1 aliphatic rings. The first-order valence-electron chi connectivity index (χ1n) is 4.11. The largest absolute Gasteiger partial charge is 0.481 e. The van der Waals surface area contributed by atoms with Crippen LogP contribution in [0.1, 0.15) is 20.3 Å². The standard InChI is InChI=1S/C8H12F2O3/c1-3-13-5(2)7(6(11)12)4-8(7,9)10/h5H,3-4H2,1-2H3,(H,11,12). The zero-order valence-electron chi connectivity index (χ0n) is 7.51. The summed E-state index contributed by atoms with van der Waals surface area (Å²) < 4.78 is 30.5. The lowest BCUT2D eigenvalue weighted by Crippen LogP contribution is -2.35. The van der Waals surface area contributed by atoms with Gasteiger partial charge in [-0.15, -0.1) is 0 Å². The number of aliphatic carboxylic acids is 1. The molecule has 2 atom stereocenters. The summed E-state index contributed by atoms with van der Waals surface area (Å²) in [6, 6.07) is 0. The summed E-state index contributed by atoms with van der Waals surface area (Å²) in [6.45, 7) is 3.26. The van der Waals surface area contributed by atoms with Crippen molar-refractivity contribution in [3.8, 4) is 0 Å². The Labute approximate surface area is 74.7 Å². The minimum absolute atomic E-state index is 0.242. The molecule has 0 spiro atoms. The quantitative estimate of drug-likeness (QED) is 0.738. The van der Waals surface area contributed by atoms with Crippen molar-refractivity contribution in [1.29, 1.82) is 0 Å². The molecule has 13 heavy (non-hydrogen) atoms. The van der Waals surface area contributed by atoms with Gasteiger partial charge in [0.05, 0.1) is 6.10 Å². The van der Waals surface area contributed by atoms with Crippen LogP contribution >= 0.6 is 0 Å². The average Bonchev–Trinajstić information content (AvgIpc) is 2.56. The third-order valence-corrected chi connectivity index (χ3v) is 2.52. The van der Waals surface area contributed by atoms with E-state index in [1.54, 1.807) is 6.92 Å². The Morgan fingerprint density at radius 2 is 2.15 bits per heavy atom. The lowest BCUT2D eigenvalue weighted by molar-refractivity contribution is -0.156. The van der Waals surface area contributed by atoms with Crippen molar-refractivity contribution in [3.05, 3.63) is 0 Å². The molecule has 0 aromatic heterocycles. The van der Waals surface area contributed by atoms with Crippen LogP contribution < -0.4 is 0 Å². The van der Waals surface area contributed by atoms with E-state index in [1.807, 2.05) is 0 Å². The molecule has 0 radical (unpaired) electrons. The maximum atomic E-state index is 12.8. The first-order chi connectivity index (χ1) is 5.88. The summed E-state index contributed by atoms with van der Waals surface area (Å²) in [4.78, 5) is 10.7. The van der Waals surface area contributed by atoms with Gasteiger partial charge in [-0.3, -0.25) is 4.79 Å². The van der Waals surface area contributed by atoms with Gasteiger partial charge in [0.2, 0.25) is 0 Å². The van der Waals surface area contributed by atoms with Crippen molar-refractivity contribution in [1.82, 2.24) is 0 Å². The van der Waals surface area contributed by atoms with Gasteiger partial charge in [-0.05, 0) is 13.8 Å². The van der Waals surface area contributed by atoms with Crippen molar-refractivity contribution in [3.63, 3.8) is 0 Å². The molecule has 1 saturated carbocycles. The van der Waals surface area contributed by atoms with Crippen LogP contribution in [0.4, 0.5) is 8.78 Å². The summed E-state index contributed by atoms with van der Waals surface area (Å²) in [6.07, 6.45) is -1.55. The van der Waals surface area contributed by atoms with E-state index in [0.29, 0.717) is 0 Å². The van der Waals surface area contributed by atoms with E-state index < -0.39 is 29.8 Å². The smallest absolute Gasteiger partial charge is 0.318 e. The number of carbonyl (C=O) groups is 1. The number of halogens is 2. The topological polar surface area (TPSA) is 46.5 Å². The fraction of sp³-hybridized carbons (Fsp3) is 0.875.